The SMILES string of the molecule is O=C(OCn1nnc2ccccc2c1=O)C1C[C@H]2CCC[C@@H](C1)C21SCCS1. The smallest absolute Gasteiger partial charge is 0.310 e. The molecule has 1 aliphatic heterocycles. The van der Waals surface area contributed by atoms with Gasteiger partial charge in [0.15, 0.2) is 6.73 Å². The summed E-state index contributed by atoms with van der Waals surface area (Å²) in [5.74, 6) is 3.40. The van der Waals surface area contributed by atoms with E-state index in [1.54, 1.807) is 18.2 Å². The summed E-state index contributed by atoms with van der Waals surface area (Å²) in [4.78, 5) is 25.3. The van der Waals surface area contributed by atoms with Crippen molar-refractivity contribution in [3.8, 4) is 0 Å². The number of esters is 1. The van der Waals surface area contributed by atoms with Crippen LogP contribution in [-0.2, 0) is 16.3 Å². The predicted molar refractivity (Wildman–Crippen MR) is 111 cm³/mol. The van der Waals surface area contributed by atoms with Crippen molar-refractivity contribution in [1.82, 2.24) is 15.0 Å². The Morgan fingerprint density at radius 2 is 1.89 bits per heavy atom. The van der Waals surface area contributed by atoms with Crippen molar-refractivity contribution >= 4 is 40.4 Å². The number of carbonyl (C=O) groups excluding carboxylic acids is 1. The van der Waals surface area contributed by atoms with Gasteiger partial charge in [-0.05, 0) is 49.7 Å². The molecule has 3 aliphatic rings. The number of aromatic nitrogens is 3. The molecular weight excluding hydrogens is 394 g/mol. The largest absolute Gasteiger partial charge is 0.442 e. The van der Waals surface area contributed by atoms with E-state index in [0.29, 0.717) is 26.8 Å². The van der Waals surface area contributed by atoms with E-state index in [0.717, 1.165) is 17.5 Å². The Balaban J connectivity index is 1.28. The van der Waals surface area contributed by atoms with E-state index in [1.807, 2.05) is 6.07 Å². The van der Waals surface area contributed by atoms with Crippen LogP contribution in [0, 0.1) is 17.8 Å². The fourth-order valence-corrected chi connectivity index (χ4v) is 9.09. The first-order valence-electron chi connectivity index (χ1n) is 9.94. The Hall–Kier alpha value is -1.54. The average Bonchev–Trinajstić information content (AvgIpc) is 3.17. The van der Waals surface area contributed by atoms with E-state index in [9.17, 15) is 9.59 Å². The predicted octanol–water partition coefficient (Wildman–Crippen LogP) is 3.29. The maximum atomic E-state index is 12.8. The summed E-state index contributed by atoms with van der Waals surface area (Å²) < 4.78 is 7.00. The van der Waals surface area contributed by atoms with Crippen molar-refractivity contribution in [3.63, 3.8) is 0 Å². The van der Waals surface area contributed by atoms with Crippen LogP contribution in [0.25, 0.3) is 10.9 Å². The van der Waals surface area contributed by atoms with Crippen LogP contribution >= 0.6 is 23.5 Å². The van der Waals surface area contributed by atoms with Gasteiger partial charge in [0.05, 0.1) is 15.4 Å². The van der Waals surface area contributed by atoms with Crippen molar-refractivity contribution < 1.29 is 9.53 Å². The second kappa shape index (κ2) is 7.37. The van der Waals surface area contributed by atoms with Gasteiger partial charge < -0.3 is 4.74 Å². The first kappa shape index (κ1) is 18.5. The zero-order chi connectivity index (χ0) is 19.1. The molecule has 1 aromatic heterocycles. The number of carbonyl (C=O) groups is 1. The molecule has 2 bridgehead atoms. The molecule has 28 heavy (non-hydrogen) atoms. The lowest BCUT2D eigenvalue weighted by Crippen LogP contribution is -2.48. The summed E-state index contributed by atoms with van der Waals surface area (Å²) in [6.45, 7) is -0.171. The van der Waals surface area contributed by atoms with Gasteiger partial charge in [-0.2, -0.15) is 4.68 Å². The van der Waals surface area contributed by atoms with Crippen LogP contribution in [0.5, 0.6) is 0 Å². The third kappa shape index (κ3) is 3.05. The Morgan fingerprint density at radius 3 is 2.64 bits per heavy atom. The number of benzene rings is 1. The van der Waals surface area contributed by atoms with Crippen LogP contribution in [-0.4, -0.2) is 36.5 Å². The first-order valence-corrected chi connectivity index (χ1v) is 11.9. The zero-order valence-electron chi connectivity index (χ0n) is 15.6. The highest BCUT2D eigenvalue weighted by Gasteiger charge is 2.55. The highest BCUT2D eigenvalue weighted by molar-refractivity contribution is 8.21. The van der Waals surface area contributed by atoms with Gasteiger partial charge >= 0.3 is 5.97 Å². The van der Waals surface area contributed by atoms with Gasteiger partial charge in [-0.3, -0.25) is 9.59 Å². The summed E-state index contributed by atoms with van der Waals surface area (Å²) in [7, 11) is 0. The van der Waals surface area contributed by atoms with Crippen LogP contribution in [0.2, 0.25) is 0 Å². The molecule has 3 fully saturated rings. The Kier molecular flexibility index (Phi) is 4.87. The Labute approximate surface area is 171 Å². The van der Waals surface area contributed by atoms with Crippen molar-refractivity contribution in [2.75, 3.05) is 11.5 Å². The molecule has 2 aromatic rings. The van der Waals surface area contributed by atoms with Crippen LogP contribution in [0.3, 0.4) is 0 Å². The standard InChI is InChI=1S/C20H23N3O3S2/c24-18-16-6-1-2-7-17(16)21-22-23(18)12-26-19(25)13-10-14-4-3-5-15(11-13)20(14)27-8-9-28-20/h1-2,6-7,13-15H,3-5,8-12H2/t13?,14-,15+. The number of ether oxygens (including phenoxy) is 1. The van der Waals surface area contributed by atoms with E-state index in [4.69, 9.17) is 4.74 Å². The fraction of sp³-hybridized carbons (Fsp3) is 0.600. The third-order valence-electron chi connectivity index (χ3n) is 6.41. The van der Waals surface area contributed by atoms with Crippen molar-refractivity contribution in [1.29, 1.82) is 0 Å². The Morgan fingerprint density at radius 1 is 1.18 bits per heavy atom. The van der Waals surface area contributed by atoms with E-state index < -0.39 is 0 Å². The normalized spacial score (nSPS) is 28.5. The van der Waals surface area contributed by atoms with Gasteiger partial charge in [-0.25, -0.2) is 0 Å². The summed E-state index contributed by atoms with van der Waals surface area (Å²) in [5.41, 5.74) is 0.267. The first-order chi connectivity index (χ1) is 13.7. The molecule has 148 valence electrons. The van der Waals surface area contributed by atoms with Gasteiger partial charge in [0, 0.05) is 11.5 Å². The van der Waals surface area contributed by atoms with Crippen molar-refractivity contribution in [3.05, 3.63) is 34.6 Å². The zero-order valence-corrected chi connectivity index (χ0v) is 17.2. The van der Waals surface area contributed by atoms with Gasteiger partial charge in [-0.1, -0.05) is 23.8 Å². The molecule has 3 atom stereocenters. The summed E-state index contributed by atoms with van der Waals surface area (Å²) in [6, 6.07) is 7.06. The second-order valence-electron chi connectivity index (χ2n) is 7.92. The number of hydrogen-bond acceptors (Lipinski definition) is 7. The van der Waals surface area contributed by atoms with E-state index in [1.165, 1.54) is 30.8 Å². The molecule has 1 spiro atoms. The molecule has 2 heterocycles. The molecule has 5 rings (SSSR count). The second-order valence-corrected chi connectivity index (χ2v) is 10.9. The molecule has 0 N–H and O–H groups in total. The van der Waals surface area contributed by atoms with E-state index in [-0.39, 0.29) is 24.2 Å². The summed E-state index contributed by atoms with van der Waals surface area (Å²) in [6.07, 6.45) is 5.54. The summed E-state index contributed by atoms with van der Waals surface area (Å²) >= 11 is 4.26. The van der Waals surface area contributed by atoms with Crippen LogP contribution < -0.4 is 5.56 Å². The van der Waals surface area contributed by atoms with Gasteiger partial charge in [0.2, 0.25) is 0 Å². The Bertz CT molecular complexity index is 941. The topological polar surface area (TPSA) is 74.1 Å². The molecule has 6 nitrogen and oxygen atoms in total. The maximum absolute atomic E-state index is 12.8. The molecule has 1 unspecified atom stereocenters. The van der Waals surface area contributed by atoms with Crippen LogP contribution in [0.1, 0.15) is 32.1 Å². The lowest BCUT2D eigenvalue weighted by Gasteiger charge is -2.51. The van der Waals surface area contributed by atoms with Gasteiger partial charge in [0.25, 0.3) is 5.56 Å². The minimum Gasteiger partial charge on any atom is -0.442 e. The highest BCUT2D eigenvalue weighted by atomic mass is 32.2. The number of rotatable bonds is 3. The molecule has 1 saturated heterocycles. The molecule has 0 radical (unpaired) electrons. The molecular formula is C20H23N3O3S2. The molecule has 2 saturated carbocycles. The minimum atomic E-state index is -0.281. The lowest BCUT2D eigenvalue weighted by atomic mass is 9.67. The fourth-order valence-electron chi connectivity index (χ4n) is 5.15. The third-order valence-corrected chi connectivity index (χ3v) is 10.4. The molecule has 1 aromatic carbocycles. The molecule has 0 amide bonds. The summed E-state index contributed by atoms with van der Waals surface area (Å²) in [5, 5.41) is 8.44. The number of thioether (sulfide) groups is 2. The van der Waals surface area contributed by atoms with Crippen molar-refractivity contribution in [2.45, 2.75) is 42.9 Å². The van der Waals surface area contributed by atoms with Crippen LogP contribution in [0.15, 0.2) is 29.1 Å². The molecule has 8 heteroatoms. The maximum Gasteiger partial charge on any atom is 0.310 e. The lowest BCUT2D eigenvalue weighted by molar-refractivity contribution is -0.156. The van der Waals surface area contributed by atoms with Gasteiger partial charge in [-0.15, -0.1) is 28.6 Å². The molecule has 2 aliphatic carbocycles. The van der Waals surface area contributed by atoms with E-state index >= 15 is 0 Å². The monoisotopic (exact) mass is 417 g/mol. The average molecular weight is 418 g/mol. The minimum absolute atomic E-state index is 0.0631. The van der Waals surface area contributed by atoms with E-state index in [2.05, 4.69) is 33.8 Å². The number of fused-ring (bicyclic) bond motifs is 1. The quantitative estimate of drug-likeness (QED) is 0.710. The van der Waals surface area contributed by atoms with Crippen molar-refractivity contribution in [2.24, 2.45) is 17.8 Å². The van der Waals surface area contributed by atoms with Crippen LogP contribution in [0.4, 0.5) is 0 Å². The number of hydrogen-bond donors (Lipinski definition) is 0. The van der Waals surface area contributed by atoms with Gasteiger partial charge in [0.1, 0.15) is 5.52 Å². The highest BCUT2D eigenvalue weighted by Crippen LogP contribution is 2.64. The number of nitrogens with zero attached hydrogens (tertiary/aromatic N) is 3.